The Bertz CT molecular complexity index is 1240. The largest absolute Gasteiger partial charge is 0.356 e. The third kappa shape index (κ3) is 3.79. The first-order chi connectivity index (χ1) is 16.5. The molecule has 1 aromatic heterocycles. The van der Waals surface area contributed by atoms with E-state index in [-0.39, 0.29) is 18.3 Å². The van der Waals surface area contributed by atoms with Gasteiger partial charge in [0.25, 0.3) is 11.8 Å². The van der Waals surface area contributed by atoms with Gasteiger partial charge in [0.05, 0.1) is 17.7 Å². The van der Waals surface area contributed by atoms with E-state index in [1.807, 2.05) is 6.26 Å². The van der Waals surface area contributed by atoms with Crippen LogP contribution in [0.25, 0.3) is 11.3 Å². The number of amides is 3. The number of hydrogen-bond acceptors (Lipinski definition) is 6. The number of nitrogens with zero attached hydrogens (tertiary/aromatic N) is 3. The minimum Gasteiger partial charge on any atom is -0.356 e. The molecule has 0 saturated carbocycles. The highest BCUT2D eigenvalue weighted by Gasteiger charge is 2.44. The van der Waals surface area contributed by atoms with E-state index in [0.29, 0.717) is 47.7 Å². The minimum absolute atomic E-state index is 0.220. The summed E-state index contributed by atoms with van der Waals surface area (Å²) >= 11 is 1.56. The molecule has 2 aliphatic heterocycles. The van der Waals surface area contributed by atoms with Crippen molar-refractivity contribution in [1.82, 2.24) is 15.0 Å². The van der Waals surface area contributed by atoms with Gasteiger partial charge in [0.1, 0.15) is 17.6 Å². The Balaban J connectivity index is 1.39. The molecule has 0 radical (unpaired) electrons. The molecular weight excluding hydrogens is 457 g/mol. The highest BCUT2D eigenvalue weighted by atomic mass is 32.2. The van der Waals surface area contributed by atoms with E-state index in [9.17, 15) is 18.8 Å². The van der Waals surface area contributed by atoms with Crippen LogP contribution in [0.5, 0.6) is 0 Å². The quantitative estimate of drug-likeness (QED) is 0.501. The van der Waals surface area contributed by atoms with E-state index in [1.54, 1.807) is 53.1 Å². The highest BCUT2D eigenvalue weighted by molar-refractivity contribution is 7.98. The van der Waals surface area contributed by atoms with Crippen molar-refractivity contribution in [3.05, 3.63) is 76.7 Å². The third-order valence-electron chi connectivity index (χ3n) is 6.28. The van der Waals surface area contributed by atoms with Gasteiger partial charge in [-0.05, 0) is 61.2 Å². The first-order valence-corrected chi connectivity index (χ1v) is 12.4. The molecule has 5 rings (SSSR count). The molecule has 0 bridgehead atoms. The van der Waals surface area contributed by atoms with Gasteiger partial charge < -0.3 is 9.42 Å². The number of aromatic nitrogens is 1. The predicted octanol–water partition coefficient (Wildman–Crippen LogP) is 3.78. The zero-order valence-corrected chi connectivity index (χ0v) is 19.3. The Morgan fingerprint density at radius 2 is 1.79 bits per heavy atom. The lowest BCUT2D eigenvalue weighted by Gasteiger charge is -2.33. The maximum atomic E-state index is 13.6. The van der Waals surface area contributed by atoms with Gasteiger partial charge >= 0.3 is 0 Å². The van der Waals surface area contributed by atoms with Crippen molar-refractivity contribution in [2.75, 3.05) is 18.6 Å². The fraction of sp³-hybridized carbons (Fsp3) is 0.280. The summed E-state index contributed by atoms with van der Waals surface area (Å²) in [6.45, 7) is 0.623. The van der Waals surface area contributed by atoms with E-state index in [1.165, 1.54) is 12.1 Å². The van der Waals surface area contributed by atoms with Crippen molar-refractivity contribution in [1.29, 1.82) is 0 Å². The summed E-state index contributed by atoms with van der Waals surface area (Å²) in [5.74, 6) is -0.280. The van der Waals surface area contributed by atoms with Gasteiger partial charge in [-0.15, -0.1) is 0 Å². The topological polar surface area (TPSA) is 83.7 Å². The standard InChI is InChI=1S/C25H22FN3O4S/c1-34-13-11-21(29-23(30)17-4-2-3-5-18(17)24(29)31)25(32)28-12-10-19-20(14-28)27-33-22(19)15-6-8-16(26)9-7-15/h2-9,21H,10-14H2,1H3. The zero-order chi connectivity index (χ0) is 23.8. The minimum atomic E-state index is -0.884. The van der Waals surface area contributed by atoms with E-state index in [0.717, 1.165) is 16.0 Å². The van der Waals surface area contributed by atoms with Gasteiger partial charge in [-0.25, -0.2) is 4.39 Å². The number of carbonyl (C=O) groups is 3. The van der Waals surface area contributed by atoms with E-state index < -0.39 is 17.9 Å². The second kappa shape index (κ2) is 9.06. The molecule has 0 N–H and O–H groups in total. The van der Waals surface area contributed by atoms with Gasteiger partial charge in [0.2, 0.25) is 5.91 Å². The SMILES string of the molecule is CSCCC(C(=O)N1CCc2c(noc2-c2ccc(F)cc2)C1)N1C(=O)c2ccccc2C1=O. The van der Waals surface area contributed by atoms with Crippen molar-refractivity contribution in [3.8, 4) is 11.3 Å². The van der Waals surface area contributed by atoms with Crippen LogP contribution in [0.3, 0.4) is 0 Å². The summed E-state index contributed by atoms with van der Waals surface area (Å²) in [4.78, 5) is 42.5. The molecule has 1 unspecified atom stereocenters. The number of rotatable bonds is 6. The van der Waals surface area contributed by atoms with Crippen LogP contribution >= 0.6 is 11.8 Å². The maximum Gasteiger partial charge on any atom is 0.262 e. The van der Waals surface area contributed by atoms with Crippen molar-refractivity contribution < 1.29 is 23.3 Å². The second-order valence-corrected chi connectivity index (χ2v) is 9.26. The molecule has 7 nitrogen and oxygen atoms in total. The Labute approximate surface area is 199 Å². The maximum absolute atomic E-state index is 13.6. The number of fused-ring (bicyclic) bond motifs is 2. The number of thioether (sulfide) groups is 1. The fourth-order valence-corrected chi connectivity index (χ4v) is 5.00. The molecule has 0 spiro atoms. The molecule has 3 amide bonds. The molecule has 34 heavy (non-hydrogen) atoms. The highest BCUT2D eigenvalue weighted by Crippen LogP contribution is 2.32. The molecule has 0 aliphatic carbocycles. The Hall–Kier alpha value is -3.46. The summed E-state index contributed by atoms with van der Waals surface area (Å²) < 4.78 is 18.8. The van der Waals surface area contributed by atoms with Gasteiger partial charge in [-0.1, -0.05) is 17.3 Å². The van der Waals surface area contributed by atoms with Crippen molar-refractivity contribution in [2.45, 2.75) is 25.4 Å². The van der Waals surface area contributed by atoms with E-state index >= 15 is 0 Å². The van der Waals surface area contributed by atoms with Crippen LogP contribution in [0.15, 0.2) is 53.1 Å². The molecular formula is C25H22FN3O4S. The van der Waals surface area contributed by atoms with Crippen molar-refractivity contribution in [3.63, 3.8) is 0 Å². The molecule has 2 aromatic carbocycles. The number of carbonyl (C=O) groups excluding carboxylic acids is 3. The normalized spacial score (nSPS) is 15.9. The van der Waals surface area contributed by atoms with Crippen LogP contribution < -0.4 is 0 Å². The molecule has 2 aliphatic rings. The molecule has 3 aromatic rings. The zero-order valence-electron chi connectivity index (χ0n) is 18.5. The summed E-state index contributed by atoms with van der Waals surface area (Å²) in [5.41, 5.74) is 2.90. The van der Waals surface area contributed by atoms with E-state index in [2.05, 4.69) is 5.16 Å². The Kier molecular flexibility index (Phi) is 5.95. The lowest BCUT2D eigenvalue weighted by Crippen LogP contribution is -2.52. The first-order valence-electron chi connectivity index (χ1n) is 11.0. The van der Waals surface area contributed by atoms with Crippen LogP contribution in [-0.4, -0.2) is 57.3 Å². The smallest absolute Gasteiger partial charge is 0.262 e. The van der Waals surface area contributed by atoms with Gasteiger partial charge in [0, 0.05) is 17.7 Å². The summed E-state index contributed by atoms with van der Waals surface area (Å²) in [5, 5.41) is 4.16. The molecule has 3 heterocycles. The number of halogens is 1. The van der Waals surface area contributed by atoms with Crippen molar-refractivity contribution in [2.24, 2.45) is 0 Å². The molecule has 1 atom stereocenters. The number of hydrogen-bond donors (Lipinski definition) is 0. The van der Waals surface area contributed by atoms with Crippen LogP contribution in [0.2, 0.25) is 0 Å². The second-order valence-electron chi connectivity index (χ2n) is 8.28. The Morgan fingerprint density at radius 1 is 1.12 bits per heavy atom. The van der Waals surface area contributed by atoms with Gasteiger partial charge in [-0.2, -0.15) is 11.8 Å². The molecule has 174 valence electrons. The first kappa shape index (κ1) is 22.3. The lowest BCUT2D eigenvalue weighted by molar-refractivity contribution is -0.136. The van der Waals surface area contributed by atoms with Gasteiger partial charge in [0.15, 0.2) is 5.76 Å². The molecule has 9 heteroatoms. The molecule has 0 fully saturated rings. The average Bonchev–Trinajstić information content (AvgIpc) is 3.39. The lowest BCUT2D eigenvalue weighted by atomic mass is 9.99. The monoisotopic (exact) mass is 479 g/mol. The number of imide groups is 1. The Morgan fingerprint density at radius 3 is 2.44 bits per heavy atom. The van der Waals surface area contributed by atoms with Gasteiger partial charge in [-0.3, -0.25) is 19.3 Å². The van der Waals surface area contributed by atoms with E-state index in [4.69, 9.17) is 4.52 Å². The summed E-state index contributed by atoms with van der Waals surface area (Å²) in [7, 11) is 0. The fourth-order valence-electron chi connectivity index (χ4n) is 4.54. The average molecular weight is 480 g/mol. The molecule has 0 saturated heterocycles. The van der Waals surface area contributed by atoms with Crippen LogP contribution in [-0.2, 0) is 17.8 Å². The predicted molar refractivity (Wildman–Crippen MR) is 125 cm³/mol. The summed E-state index contributed by atoms with van der Waals surface area (Å²) in [6.07, 6.45) is 2.80. The van der Waals surface area contributed by atoms with Crippen LogP contribution in [0.4, 0.5) is 4.39 Å². The summed E-state index contributed by atoms with van der Waals surface area (Å²) in [6, 6.07) is 11.8. The number of benzene rings is 2. The van der Waals surface area contributed by atoms with Crippen molar-refractivity contribution >= 4 is 29.5 Å². The third-order valence-corrected chi connectivity index (χ3v) is 6.92. The van der Waals surface area contributed by atoms with Crippen LogP contribution in [0.1, 0.15) is 38.4 Å². The van der Waals surface area contributed by atoms with Crippen LogP contribution in [0, 0.1) is 5.82 Å².